The van der Waals surface area contributed by atoms with Crippen molar-refractivity contribution in [2.45, 2.75) is 19.3 Å². The van der Waals surface area contributed by atoms with Crippen molar-refractivity contribution in [3.05, 3.63) is 35.9 Å². The van der Waals surface area contributed by atoms with Crippen molar-refractivity contribution >= 4 is 11.8 Å². The number of benzene rings is 1. The van der Waals surface area contributed by atoms with Gasteiger partial charge in [0.15, 0.2) is 5.78 Å². The highest BCUT2D eigenvalue weighted by Crippen LogP contribution is 2.00. The van der Waals surface area contributed by atoms with Gasteiger partial charge in [0, 0.05) is 6.42 Å². The van der Waals surface area contributed by atoms with Crippen LogP contribution in [0.5, 0.6) is 0 Å². The summed E-state index contributed by atoms with van der Waals surface area (Å²) in [5.41, 5.74) is 1.18. The molecule has 4 heteroatoms. The maximum absolute atomic E-state index is 11.3. The standard InChI is InChI=1S/C14H18O4/c1-17-14(16)8-7-13(15)11-18-10-9-12-5-3-2-4-6-12/h2-6H,7-11H2,1H3. The molecule has 1 aromatic rings. The van der Waals surface area contributed by atoms with Crippen LogP contribution in [0.15, 0.2) is 30.3 Å². The molecule has 0 heterocycles. The van der Waals surface area contributed by atoms with Crippen molar-refractivity contribution in [2.24, 2.45) is 0 Å². The van der Waals surface area contributed by atoms with E-state index in [1.54, 1.807) is 0 Å². The molecule has 98 valence electrons. The third kappa shape index (κ3) is 6.15. The highest BCUT2D eigenvalue weighted by atomic mass is 16.5. The number of carbonyl (C=O) groups is 2. The van der Waals surface area contributed by atoms with E-state index in [2.05, 4.69) is 4.74 Å². The second-order valence-corrected chi connectivity index (χ2v) is 3.90. The van der Waals surface area contributed by atoms with Crippen LogP contribution in [0.4, 0.5) is 0 Å². The molecule has 0 saturated heterocycles. The summed E-state index contributed by atoms with van der Waals surface area (Å²) in [6.07, 6.45) is 1.08. The Kier molecular flexibility index (Phi) is 6.72. The minimum Gasteiger partial charge on any atom is -0.469 e. The molecule has 0 radical (unpaired) electrons. The molecule has 18 heavy (non-hydrogen) atoms. The Balaban J connectivity index is 2.07. The molecule has 0 atom stereocenters. The Morgan fingerprint density at radius 1 is 1.11 bits per heavy atom. The maximum atomic E-state index is 11.3. The average Bonchev–Trinajstić information content (AvgIpc) is 2.42. The molecule has 0 aromatic heterocycles. The van der Waals surface area contributed by atoms with Gasteiger partial charge in [-0.2, -0.15) is 0 Å². The van der Waals surface area contributed by atoms with Crippen molar-refractivity contribution in [1.29, 1.82) is 0 Å². The van der Waals surface area contributed by atoms with Gasteiger partial charge in [-0.15, -0.1) is 0 Å². The predicted molar refractivity (Wildman–Crippen MR) is 67.2 cm³/mol. The Bertz CT molecular complexity index is 373. The second-order valence-electron chi connectivity index (χ2n) is 3.90. The number of rotatable bonds is 8. The molecule has 0 aliphatic heterocycles. The molecule has 0 N–H and O–H groups in total. The number of hydrogen-bond acceptors (Lipinski definition) is 4. The summed E-state index contributed by atoms with van der Waals surface area (Å²) in [5.74, 6) is -0.443. The quantitative estimate of drug-likeness (QED) is 0.521. The maximum Gasteiger partial charge on any atom is 0.305 e. The van der Waals surface area contributed by atoms with Gasteiger partial charge in [0.1, 0.15) is 6.61 Å². The molecule has 1 aromatic carbocycles. The topological polar surface area (TPSA) is 52.6 Å². The van der Waals surface area contributed by atoms with E-state index in [-0.39, 0.29) is 31.2 Å². The summed E-state index contributed by atoms with van der Waals surface area (Å²) in [4.78, 5) is 22.2. The SMILES string of the molecule is COC(=O)CCC(=O)COCCc1ccccc1. The Morgan fingerprint density at radius 2 is 1.83 bits per heavy atom. The summed E-state index contributed by atoms with van der Waals surface area (Å²) in [6, 6.07) is 9.93. The summed E-state index contributed by atoms with van der Waals surface area (Å²) in [5, 5.41) is 0. The fourth-order valence-corrected chi connectivity index (χ4v) is 1.44. The third-order valence-corrected chi connectivity index (χ3v) is 2.48. The zero-order valence-corrected chi connectivity index (χ0v) is 10.6. The smallest absolute Gasteiger partial charge is 0.305 e. The molecule has 0 saturated carbocycles. The van der Waals surface area contributed by atoms with Crippen LogP contribution < -0.4 is 0 Å². The van der Waals surface area contributed by atoms with Crippen LogP contribution in [0.25, 0.3) is 0 Å². The normalized spacial score (nSPS) is 10.1. The first-order valence-electron chi connectivity index (χ1n) is 5.92. The van der Waals surface area contributed by atoms with Crippen molar-refractivity contribution in [3.8, 4) is 0 Å². The molecule has 1 rings (SSSR count). The van der Waals surface area contributed by atoms with Crippen LogP contribution in [-0.4, -0.2) is 32.1 Å². The van der Waals surface area contributed by atoms with Crippen LogP contribution in [0.3, 0.4) is 0 Å². The van der Waals surface area contributed by atoms with Crippen LogP contribution >= 0.6 is 0 Å². The van der Waals surface area contributed by atoms with E-state index in [1.165, 1.54) is 12.7 Å². The molecule has 0 spiro atoms. The highest BCUT2D eigenvalue weighted by molar-refractivity contribution is 5.83. The lowest BCUT2D eigenvalue weighted by Gasteiger charge is -2.03. The molecule has 0 aliphatic carbocycles. The fourth-order valence-electron chi connectivity index (χ4n) is 1.44. The van der Waals surface area contributed by atoms with Crippen LogP contribution in [0, 0.1) is 0 Å². The lowest BCUT2D eigenvalue weighted by Crippen LogP contribution is -2.12. The van der Waals surface area contributed by atoms with Gasteiger partial charge >= 0.3 is 5.97 Å². The second kappa shape index (κ2) is 8.42. The van der Waals surface area contributed by atoms with Crippen molar-refractivity contribution in [1.82, 2.24) is 0 Å². The van der Waals surface area contributed by atoms with Gasteiger partial charge in [0.2, 0.25) is 0 Å². The van der Waals surface area contributed by atoms with E-state index in [0.29, 0.717) is 6.61 Å². The zero-order chi connectivity index (χ0) is 13.2. The number of ketones is 1. The molecule has 4 nitrogen and oxygen atoms in total. The largest absolute Gasteiger partial charge is 0.469 e. The number of Topliss-reactive ketones (excluding diaryl/α,β-unsaturated/α-hetero) is 1. The van der Waals surface area contributed by atoms with Crippen LogP contribution in [0.2, 0.25) is 0 Å². The molecule has 0 aliphatic rings. The van der Waals surface area contributed by atoms with Crippen LogP contribution in [-0.2, 0) is 25.5 Å². The van der Waals surface area contributed by atoms with Crippen LogP contribution in [0.1, 0.15) is 18.4 Å². The van der Waals surface area contributed by atoms with Gasteiger partial charge in [0.05, 0.1) is 20.1 Å². The van der Waals surface area contributed by atoms with E-state index >= 15 is 0 Å². The summed E-state index contributed by atoms with van der Waals surface area (Å²) in [6.45, 7) is 0.567. The Morgan fingerprint density at radius 3 is 2.50 bits per heavy atom. The van der Waals surface area contributed by atoms with E-state index < -0.39 is 0 Å². The van der Waals surface area contributed by atoms with Gasteiger partial charge in [-0.3, -0.25) is 9.59 Å². The number of methoxy groups -OCH3 is 1. The van der Waals surface area contributed by atoms with E-state index in [4.69, 9.17) is 4.74 Å². The molecular weight excluding hydrogens is 232 g/mol. The molecule has 0 unspecified atom stereocenters. The summed E-state index contributed by atoms with van der Waals surface area (Å²) in [7, 11) is 1.31. The van der Waals surface area contributed by atoms with Crippen molar-refractivity contribution in [3.63, 3.8) is 0 Å². The lowest BCUT2D eigenvalue weighted by molar-refractivity contribution is -0.142. The minimum absolute atomic E-state index is 0.0594. The monoisotopic (exact) mass is 250 g/mol. The van der Waals surface area contributed by atoms with Gasteiger partial charge < -0.3 is 9.47 Å². The van der Waals surface area contributed by atoms with Gasteiger partial charge in [0.25, 0.3) is 0 Å². The summed E-state index contributed by atoms with van der Waals surface area (Å²) >= 11 is 0. The minimum atomic E-state index is -0.368. The van der Waals surface area contributed by atoms with Crippen molar-refractivity contribution < 1.29 is 19.1 Å². The first-order valence-corrected chi connectivity index (χ1v) is 5.92. The number of esters is 1. The van der Waals surface area contributed by atoms with E-state index in [1.807, 2.05) is 30.3 Å². The number of ether oxygens (including phenoxy) is 2. The van der Waals surface area contributed by atoms with Gasteiger partial charge in [-0.05, 0) is 12.0 Å². The highest BCUT2D eigenvalue weighted by Gasteiger charge is 2.06. The molecule has 0 fully saturated rings. The van der Waals surface area contributed by atoms with Crippen molar-refractivity contribution in [2.75, 3.05) is 20.3 Å². The Hall–Kier alpha value is -1.68. The van der Waals surface area contributed by atoms with Gasteiger partial charge in [-0.1, -0.05) is 30.3 Å². The number of carbonyl (C=O) groups excluding carboxylic acids is 2. The molecule has 0 bridgehead atoms. The molecule has 0 amide bonds. The number of hydrogen-bond donors (Lipinski definition) is 0. The average molecular weight is 250 g/mol. The first kappa shape index (κ1) is 14.4. The van der Waals surface area contributed by atoms with Gasteiger partial charge in [-0.25, -0.2) is 0 Å². The third-order valence-electron chi connectivity index (χ3n) is 2.48. The Labute approximate surface area is 107 Å². The first-order chi connectivity index (χ1) is 8.72. The van der Waals surface area contributed by atoms with E-state index in [9.17, 15) is 9.59 Å². The zero-order valence-electron chi connectivity index (χ0n) is 10.6. The fraction of sp³-hybridized carbons (Fsp3) is 0.429. The summed E-state index contributed by atoms with van der Waals surface area (Å²) < 4.78 is 9.72. The predicted octanol–water partition coefficient (Wildman–Crippen LogP) is 1.77. The molecular formula is C14H18O4. The van der Waals surface area contributed by atoms with E-state index in [0.717, 1.165) is 6.42 Å². The lowest BCUT2D eigenvalue weighted by atomic mass is 10.2.